The largest absolute Gasteiger partial charge is 0.472 e. The van der Waals surface area contributed by atoms with Gasteiger partial charge in [0.2, 0.25) is 0 Å². The lowest BCUT2D eigenvalue weighted by atomic mass is 10.0. The van der Waals surface area contributed by atoms with Crippen molar-refractivity contribution in [1.29, 1.82) is 0 Å². The summed E-state index contributed by atoms with van der Waals surface area (Å²) in [5, 5.41) is 10.7. The summed E-state index contributed by atoms with van der Waals surface area (Å²) < 4.78 is 68.8. The molecule has 0 saturated carbocycles. The van der Waals surface area contributed by atoms with Crippen LogP contribution in [0.25, 0.3) is 0 Å². The van der Waals surface area contributed by atoms with E-state index < -0.39 is 97.5 Å². The Bertz CT molecular complexity index is 2470. The van der Waals surface area contributed by atoms with Crippen molar-refractivity contribution in [3.05, 3.63) is 109 Å². The summed E-state index contributed by atoms with van der Waals surface area (Å²) in [7, 11) is -9.97. The first-order valence-corrected chi connectivity index (χ1v) is 46.1. The predicted octanol–water partition coefficient (Wildman–Crippen LogP) is 25.7. The zero-order valence-corrected chi connectivity index (χ0v) is 70.3. The van der Waals surface area contributed by atoms with Gasteiger partial charge in [-0.15, -0.1) is 0 Å². The number of aliphatic hydroxyl groups is 1. The smallest absolute Gasteiger partial charge is 0.462 e. The van der Waals surface area contributed by atoms with Crippen molar-refractivity contribution >= 4 is 39.5 Å². The molecule has 0 saturated heterocycles. The maximum atomic E-state index is 13.1. The number of phosphoric ester groups is 2. The van der Waals surface area contributed by atoms with Crippen molar-refractivity contribution < 1.29 is 80.2 Å². The number of unbranched alkanes of at least 4 members (excludes halogenated alkanes) is 37. The second-order valence-corrected chi connectivity index (χ2v) is 31.6. The monoisotopic (exact) mass is 1560 g/mol. The number of phosphoric acid groups is 2. The van der Waals surface area contributed by atoms with Crippen LogP contribution in [0.1, 0.15) is 374 Å². The Labute approximate surface area is 658 Å². The van der Waals surface area contributed by atoms with Crippen molar-refractivity contribution in [1.82, 2.24) is 0 Å². The number of hydrogen-bond donors (Lipinski definition) is 3. The van der Waals surface area contributed by atoms with Crippen LogP contribution >= 0.6 is 15.6 Å². The lowest BCUT2D eigenvalue weighted by Crippen LogP contribution is -2.30. The van der Waals surface area contributed by atoms with E-state index in [2.05, 4.69) is 137 Å². The van der Waals surface area contributed by atoms with E-state index in [4.69, 9.17) is 37.0 Å². The van der Waals surface area contributed by atoms with E-state index in [-0.39, 0.29) is 25.7 Å². The van der Waals surface area contributed by atoms with Crippen molar-refractivity contribution in [3.63, 3.8) is 0 Å². The molecule has 0 aliphatic heterocycles. The van der Waals surface area contributed by atoms with Crippen molar-refractivity contribution in [2.45, 2.75) is 393 Å². The van der Waals surface area contributed by atoms with E-state index in [0.717, 1.165) is 193 Å². The molecule has 0 radical (unpaired) electrons. The molecule has 0 rings (SSSR count). The van der Waals surface area contributed by atoms with Crippen LogP contribution in [0.3, 0.4) is 0 Å². The van der Waals surface area contributed by atoms with Gasteiger partial charge < -0.3 is 33.8 Å². The van der Waals surface area contributed by atoms with E-state index in [1.165, 1.54) is 103 Å². The van der Waals surface area contributed by atoms with E-state index in [0.29, 0.717) is 25.7 Å². The molecular formula is C89H156O17P2. The van der Waals surface area contributed by atoms with Gasteiger partial charge in [0.05, 0.1) is 26.4 Å². The number of aliphatic hydroxyl groups excluding tert-OH is 1. The van der Waals surface area contributed by atoms with Crippen molar-refractivity contribution in [3.8, 4) is 0 Å². The minimum atomic E-state index is -4.99. The zero-order valence-electron chi connectivity index (χ0n) is 68.5. The second kappa shape index (κ2) is 80.8. The average molecular weight is 1560 g/mol. The summed E-state index contributed by atoms with van der Waals surface area (Å²) in [4.78, 5) is 73.3. The molecule has 108 heavy (non-hydrogen) atoms. The molecule has 0 aliphatic rings. The van der Waals surface area contributed by atoms with Crippen LogP contribution in [0.15, 0.2) is 109 Å². The molecule has 17 nitrogen and oxygen atoms in total. The summed E-state index contributed by atoms with van der Waals surface area (Å²) in [6.45, 7) is 4.68. The van der Waals surface area contributed by atoms with Gasteiger partial charge in [-0.05, 0) is 128 Å². The highest BCUT2D eigenvalue weighted by atomic mass is 31.2. The maximum absolute atomic E-state index is 13.1. The molecule has 0 amide bonds. The lowest BCUT2D eigenvalue weighted by molar-refractivity contribution is -0.161. The highest BCUT2D eigenvalue weighted by molar-refractivity contribution is 7.47. The molecule has 5 unspecified atom stereocenters. The molecule has 0 fully saturated rings. The van der Waals surface area contributed by atoms with Gasteiger partial charge in [-0.3, -0.25) is 37.3 Å². The quantitative estimate of drug-likeness (QED) is 0.0169. The van der Waals surface area contributed by atoms with Gasteiger partial charge >= 0.3 is 39.5 Å². The highest BCUT2D eigenvalue weighted by Crippen LogP contribution is 2.45. The van der Waals surface area contributed by atoms with Crippen LogP contribution in [-0.2, 0) is 65.4 Å². The summed E-state index contributed by atoms with van der Waals surface area (Å²) in [6.07, 6.45) is 89.0. The van der Waals surface area contributed by atoms with Gasteiger partial charge in [0.25, 0.3) is 0 Å². The standard InChI is InChI=1S/C89H156O17P2/c1-5-9-13-17-21-25-29-33-37-39-41-43-47-50-54-58-62-66-70-74-87(92)100-80-85(106-89(94)76-72-68-64-60-56-52-48-44-42-40-38-34-30-26-22-18-14-10-6-2)82-104-108(97,98)102-78-83(90)77-101-107(95,96)103-81-84(105-88(93)75-71-67-63-59-55-51-46-36-32-28-24-20-16-12-8-4)79-99-86(91)73-69-65-61-57-53-49-45-35-31-27-23-19-15-11-7-3/h9-10,13-14,21-22,25-26,33-35,37-38,41-45,83-85,90H,5-8,11-12,15-20,23-24,27-32,36,39-40,46-82H2,1-4H3,(H,95,96)(H,97,98)/b13-9-,14-10-,25-21-,26-22-,37-33-,38-34-,43-41-,44-42-,45-35-. The van der Waals surface area contributed by atoms with E-state index in [1.54, 1.807) is 0 Å². The Morgan fingerprint density at radius 3 is 0.750 bits per heavy atom. The Morgan fingerprint density at radius 1 is 0.269 bits per heavy atom. The molecular weight excluding hydrogens is 1400 g/mol. The van der Waals surface area contributed by atoms with E-state index in [9.17, 15) is 43.2 Å². The normalized spacial score (nSPS) is 14.3. The molecule has 19 heteroatoms. The zero-order chi connectivity index (χ0) is 78.9. The average Bonchev–Trinajstić information content (AvgIpc) is 0.896. The third kappa shape index (κ3) is 79.8. The third-order valence-electron chi connectivity index (χ3n) is 18.2. The lowest BCUT2D eigenvalue weighted by Gasteiger charge is -2.21. The van der Waals surface area contributed by atoms with Gasteiger partial charge in [-0.2, -0.15) is 0 Å². The number of rotatable bonds is 81. The molecule has 0 bridgehead atoms. The molecule has 0 aromatic heterocycles. The van der Waals surface area contributed by atoms with E-state index >= 15 is 0 Å². The molecule has 0 aliphatic carbocycles. The van der Waals surface area contributed by atoms with Crippen LogP contribution in [0.5, 0.6) is 0 Å². The number of carbonyl (C=O) groups is 4. The summed E-state index contributed by atoms with van der Waals surface area (Å²) in [5.41, 5.74) is 0. The molecule has 3 N–H and O–H groups in total. The first kappa shape index (κ1) is 104. The molecule has 0 aromatic carbocycles. The summed E-state index contributed by atoms with van der Waals surface area (Å²) in [6, 6.07) is 0. The molecule has 0 spiro atoms. The Morgan fingerprint density at radius 2 is 0.481 bits per heavy atom. The number of ether oxygens (including phenoxy) is 4. The van der Waals surface area contributed by atoms with Crippen LogP contribution in [0.4, 0.5) is 0 Å². The molecule has 624 valence electrons. The number of hydrogen-bond acceptors (Lipinski definition) is 15. The first-order chi connectivity index (χ1) is 52.7. The Balaban J connectivity index is 5.39. The summed E-state index contributed by atoms with van der Waals surface area (Å²) in [5.74, 6) is -2.19. The second-order valence-electron chi connectivity index (χ2n) is 28.7. The number of carbonyl (C=O) groups excluding carboxylic acids is 4. The molecule has 0 aromatic rings. The van der Waals surface area contributed by atoms with E-state index in [1.807, 2.05) is 0 Å². The third-order valence-corrected chi connectivity index (χ3v) is 20.1. The van der Waals surface area contributed by atoms with Gasteiger partial charge in [-0.1, -0.05) is 330 Å². The topological polar surface area (TPSA) is 237 Å². The Kier molecular flexibility index (Phi) is 77.6. The fraction of sp³-hybridized carbons (Fsp3) is 0.753. The van der Waals surface area contributed by atoms with Gasteiger partial charge in [-0.25, -0.2) is 9.13 Å². The van der Waals surface area contributed by atoms with Crippen LogP contribution < -0.4 is 0 Å². The molecule has 0 heterocycles. The van der Waals surface area contributed by atoms with Crippen LogP contribution in [0.2, 0.25) is 0 Å². The van der Waals surface area contributed by atoms with Crippen molar-refractivity contribution in [2.24, 2.45) is 0 Å². The van der Waals surface area contributed by atoms with Gasteiger partial charge in [0, 0.05) is 25.7 Å². The van der Waals surface area contributed by atoms with Crippen LogP contribution in [-0.4, -0.2) is 96.7 Å². The fourth-order valence-corrected chi connectivity index (χ4v) is 13.3. The number of allylic oxidation sites excluding steroid dienone is 18. The van der Waals surface area contributed by atoms with Crippen LogP contribution in [0, 0.1) is 0 Å². The van der Waals surface area contributed by atoms with Gasteiger partial charge in [0.15, 0.2) is 12.2 Å². The Hall–Kier alpha value is -4.28. The fourth-order valence-electron chi connectivity index (χ4n) is 11.7. The molecule has 5 atom stereocenters. The summed E-state index contributed by atoms with van der Waals surface area (Å²) >= 11 is 0. The van der Waals surface area contributed by atoms with Gasteiger partial charge in [0.1, 0.15) is 19.3 Å². The minimum Gasteiger partial charge on any atom is -0.462 e. The SMILES string of the molecule is CC/C=C\C/C=C\C/C=C\C/C=C\CCCCCCCCC(=O)OCC(COP(=O)(O)OCC(O)COP(=O)(O)OCC(COC(=O)CCCCCCC/C=C\CCCCCCCC)OC(=O)CCCCCCCCCCCCCCCCC)OC(=O)CCCCCCCC/C=C\C/C=C\C/C=C\C/C=C\CC. The van der Waals surface area contributed by atoms with Crippen molar-refractivity contribution in [2.75, 3.05) is 39.6 Å². The predicted molar refractivity (Wildman–Crippen MR) is 445 cm³/mol. The first-order valence-electron chi connectivity index (χ1n) is 43.1. The maximum Gasteiger partial charge on any atom is 0.472 e. The highest BCUT2D eigenvalue weighted by Gasteiger charge is 2.30. The number of esters is 4. The minimum absolute atomic E-state index is 0.0743.